The lowest BCUT2D eigenvalue weighted by molar-refractivity contribution is 0.0846. The Bertz CT molecular complexity index is 255. The van der Waals surface area contributed by atoms with E-state index < -0.39 is 0 Å². The smallest absolute Gasteiger partial charge is 0.174 e. The van der Waals surface area contributed by atoms with Crippen LogP contribution in [0.15, 0.2) is 10.9 Å². The molecular weight excluding hydrogens is 220 g/mol. The Morgan fingerprint density at radius 1 is 1.50 bits per heavy atom. The van der Waals surface area contributed by atoms with Crippen LogP contribution in [0.1, 0.15) is 24.5 Å². The molecule has 0 amide bonds. The Morgan fingerprint density at radius 3 is 2.83 bits per heavy atom. The van der Waals surface area contributed by atoms with Gasteiger partial charge in [0.25, 0.3) is 0 Å². The molecule has 1 fully saturated rings. The lowest BCUT2D eigenvalue weighted by atomic mass is 9.97. The quantitative estimate of drug-likeness (QED) is 0.803. The molecule has 2 heterocycles. The molecule has 2 rings (SSSR count). The summed E-state index contributed by atoms with van der Waals surface area (Å²) in [5.74, 6) is 0.609. The standard InChI is InChI=1S/C8H11BrN2O/c9-8-10-5-7(11-8)6-1-3-12-4-2-6/h5-6H,1-4H2,(H,10,11). The summed E-state index contributed by atoms with van der Waals surface area (Å²) in [5, 5.41) is 0. The van der Waals surface area contributed by atoms with E-state index in [1.165, 1.54) is 5.69 Å². The lowest BCUT2D eigenvalue weighted by Gasteiger charge is -2.20. The summed E-state index contributed by atoms with van der Waals surface area (Å²) in [4.78, 5) is 7.31. The molecule has 66 valence electrons. The van der Waals surface area contributed by atoms with Crippen LogP contribution in [-0.2, 0) is 4.74 Å². The van der Waals surface area contributed by atoms with Crippen molar-refractivity contribution in [2.24, 2.45) is 0 Å². The highest BCUT2D eigenvalue weighted by Crippen LogP contribution is 2.25. The molecule has 0 spiro atoms. The van der Waals surface area contributed by atoms with E-state index in [0.29, 0.717) is 5.92 Å². The topological polar surface area (TPSA) is 37.9 Å². The molecule has 1 aliphatic rings. The van der Waals surface area contributed by atoms with Crippen LogP contribution in [0.3, 0.4) is 0 Å². The maximum absolute atomic E-state index is 5.28. The van der Waals surface area contributed by atoms with Crippen molar-refractivity contribution >= 4 is 15.9 Å². The number of hydrogen-bond donors (Lipinski definition) is 1. The van der Waals surface area contributed by atoms with Gasteiger partial charge in [0.2, 0.25) is 0 Å². The molecule has 0 unspecified atom stereocenters. The zero-order valence-electron chi connectivity index (χ0n) is 6.72. The molecule has 4 heteroatoms. The van der Waals surface area contributed by atoms with E-state index in [1.807, 2.05) is 6.20 Å². The summed E-state index contributed by atoms with van der Waals surface area (Å²) in [6.45, 7) is 1.75. The van der Waals surface area contributed by atoms with Crippen molar-refractivity contribution in [2.75, 3.05) is 13.2 Å². The molecular formula is C8H11BrN2O. The number of nitrogens with one attached hydrogen (secondary N) is 1. The second-order valence-electron chi connectivity index (χ2n) is 3.02. The van der Waals surface area contributed by atoms with Crippen LogP contribution in [0.5, 0.6) is 0 Å². The molecule has 0 bridgehead atoms. The van der Waals surface area contributed by atoms with Gasteiger partial charge >= 0.3 is 0 Å². The summed E-state index contributed by atoms with van der Waals surface area (Å²) in [7, 11) is 0. The first kappa shape index (κ1) is 8.26. The summed E-state index contributed by atoms with van der Waals surface area (Å²) >= 11 is 3.30. The molecule has 3 nitrogen and oxygen atoms in total. The predicted octanol–water partition coefficient (Wildman–Crippen LogP) is 2.07. The summed E-state index contributed by atoms with van der Waals surface area (Å²) < 4.78 is 6.11. The fourth-order valence-electron chi connectivity index (χ4n) is 1.53. The Balaban J connectivity index is 2.08. The van der Waals surface area contributed by atoms with Crippen molar-refractivity contribution in [1.82, 2.24) is 9.97 Å². The second-order valence-corrected chi connectivity index (χ2v) is 3.77. The average molecular weight is 231 g/mol. The molecule has 0 radical (unpaired) electrons. The largest absolute Gasteiger partial charge is 0.381 e. The van der Waals surface area contributed by atoms with Gasteiger partial charge in [0, 0.05) is 31.0 Å². The fraction of sp³-hybridized carbons (Fsp3) is 0.625. The lowest BCUT2D eigenvalue weighted by Crippen LogP contribution is -2.14. The molecule has 1 aliphatic heterocycles. The number of H-pyrrole nitrogens is 1. The maximum Gasteiger partial charge on any atom is 0.174 e. The van der Waals surface area contributed by atoms with Gasteiger partial charge in [0.05, 0.1) is 0 Å². The number of hydrogen-bond acceptors (Lipinski definition) is 2. The number of rotatable bonds is 1. The molecule has 1 aromatic rings. The number of aromatic nitrogens is 2. The number of ether oxygens (including phenoxy) is 1. The Kier molecular flexibility index (Phi) is 2.46. The van der Waals surface area contributed by atoms with Crippen LogP contribution in [-0.4, -0.2) is 23.2 Å². The van der Waals surface area contributed by atoms with Crippen molar-refractivity contribution in [3.05, 3.63) is 16.6 Å². The molecule has 1 aromatic heterocycles. The third kappa shape index (κ3) is 1.69. The van der Waals surface area contributed by atoms with Crippen LogP contribution in [0.25, 0.3) is 0 Å². The van der Waals surface area contributed by atoms with Crippen LogP contribution in [0.4, 0.5) is 0 Å². The summed E-state index contributed by atoms with van der Waals surface area (Å²) in [6, 6.07) is 0. The van der Waals surface area contributed by atoms with Gasteiger partial charge in [0.1, 0.15) is 0 Å². The van der Waals surface area contributed by atoms with Crippen LogP contribution in [0.2, 0.25) is 0 Å². The van der Waals surface area contributed by atoms with Gasteiger partial charge in [-0.1, -0.05) is 0 Å². The van der Waals surface area contributed by atoms with Crippen LogP contribution < -0.4 is 0 Å². The first-order chi connectivity index (χ1) is 5.86. The van der Waals surface area contributed by atoms with Crippen LogP contribution in [0, 0.1) is 0 Å². The Morgan fingerprint density at radius 2 is 2.25 bits per heavy atom. The number of imidazole rings is 1. The van der Waals surface area contributed by atoms with Gasteiger partial charge in [-0.25, -0.2) is 4.98 Å². The minimum atomic E-state index is 0.609. The Labute approximate surface area is 79.7 Å². The maximum atomic E-state index is 5.28. The van der Waals surface area contributed by atoms with E-state index >= 15 is 0 Å². The highest BCUT2D eigenvalue weighted by molar-refractivity contribution is 9.10. The van der Waals surface area contributed by atoms with Crippen molar-refractivity contribution in [3.8, 4) is 0 Å². The molecule has 12 heavy (non-hydrogen) atoms. The SMILES string of the molecule is Brc1ncc(C2CCOCC2)[nH]1. The number of aromatic amines is 1. The van der Waals surface area contributed by atoms with E-state index in [9.17, 15) is 0 Å². The molecule has 0 atom stereocenters. The summed E-state index contributed by atoms with van der Waals surface area (Å²) in [5.41, 5.74) is 1.23. The highest BCUT2D eigenvalue weighted by Gasteiger charge is 2.17. The third-order valence-corrected chi connectivity index (χ3v) is 2.63. The van der Waals surface area contributed by atoms with Gasteiger partial charge in [-0.05, 0) is 28.8 Å². The van der Waals surface area contributed by atoms with Crippen molar-refractivity contribution in [2.45, 2.75) is 18.8 Å². The minimum Gasteiger partial charge on any atom is -0.381 e. The molecule has 0 aromatic carbocycles. The molecule has 0 aliphatic carbocycles. The van der Waals surface area contributed by atoms with Crippen molar-refractivity contribution < 1.29 is 4.74 Å². The van der Waals surface area contributed by atoms with Gasteiger partial charge in [-0.3, -0.25) is 0 Å². The van der Waals surface area contributed by atoms with E-state index in [0.717, 1.165) is 30.8 Å². The van der Waals surface area contributed by atoms with Gasteiger partial charge in [0.15, 0.2) is 4.73 Å². The molecule has 1 saturated heterocycles. The van der Waals surface area contributed by atoms with Crippen molar-refractivity contribution in [3.63, 3.8) is 0 Å². The minimum absolute atomic E-state index is 0.609. The van der Waals surface area contributed by atoms with Gasteiger partial charge < -0.3 is 9.72 Å². The number of nitrogens with zero attached hydrogens (tertiary/aromatic N) is 1. The zero-order valence-corrected chi connectivity index (χ0v) is 8.30. The zero-order chi connectivity index (χ0) is 8.39. The Hall–Kier alpha value is -0.350. The van der Waals surface area contributed by atoms with Gasteiger partial charge in [-0.2, -0.15) is 0 Å². The molecule has 0 saturated carbocycles. The number of halogens is 1. The average Bonchev–Trinajstić information content (AvgIpc) is 2.54. The van der Waals surface area contributed by atoms with Crippen molar-refractivity contribution in [1.29, 1.82) is 0 Å². The summed E-state index contributed by atoms with van der Waals surface area (Å²) in [6.07, 6.45) is 4.11. The van der Waals surface area contributed by atoms with E-state index in [1.54, 1.807) is 0 Å². The molecule has 1 N–H and O–H groups in total. The van der Waals surface area contributed by atoms with Crippen LogP contribution >= 0.6 is 15.9 Å². The highest BCUT2D eigenvalue weighted by atomic mass is 79.9. The van der Waals surface area contributed by atoms with E-state index in [-0.39, 0.29) is 0 Å². The van der Waals surface area contributed by atoms with E-state index in [4.69, 9.17) is 4.74 Å². The first-order valence-electron chi connectivity index (χ1n) is 4.14. The van der Waals surface area contributed by atoms with Gasteiger partial charge in [-0.15, -0.1) is 0 Å². The normalized spacial score (nSPS) is 19.8. The van der Waals surface area contributed by atoms with E-state index in [2.05, 4.69) is 25.9 Å². The fourth-order valence-corrected chi connectivity index (χ4v) is 1.86. The third-order valence-electron chi connectivity index (χ3n) is 2.23. The first-order valence-corrected chi connectivity index (χ1v) is 4.93. The predicted molar refractivity (Wildman–Crippen MR) is 49.1 cm³/mol. The second kappa shape index (κ2) is 3.58. The monoisotopic (exact) mass is 230 g/mol.